The molecule has 2 rings (SSSR count). The number of methoxy groups -OCH3 is 1. The van der Waals surface area contributed by atoms with Crippen molar-refractivity contribution in [3.63, 3.8) is 0 Å². The molecule has 2 aromatic rings. The average Bonchev–Trinajstić information content (AvgIpc) is 2.91. The van der Waals surface area contributed by atoms with Gasteiger partial charge in [0.2, 0.25) is 0 Å². The molecule has 0 bridgehead atoms. The SMILES string of the molecule is C#CCNC(=O)COC(=O)c1sc2cccc(F)c2c1COC. The predicted molar refractivity (Wildman–Crippen MR) is 84.6 cm³/mol. The Hall–Kier alpha value is -2.43. The summed E-state index contributed by atoms with van der Waals surface area (Å²) in [5.41, 5.74) is 0.416. The van der Waals surface area contributed by atoms with Crippen LogP contribution in [0.3, 0.4) is 0 Å². The van der Waals surface area contributed by atoms with Gasteiger partial charge < -0.3 is 14.8 Å². The maximum atomic E-state index is 14.0. The molecule has 1 N–H and O–H groups in total. The zero-order valence-corrected chi connectivity index (χ0v) is 13.2. The number of thiophene rings is 1. The monoisotopic (exact) mass is 335 g/mol. The third kappa shape index (κ3) is 3.86. The summed E-state index contributed by atoms with van der Waals surface area (Å²) in [7, 11) is 1.45. The van der Waals surface area contributed by atoms with Crippen LogP contribution in [0.5, 0.6) is 0 Å². The van der Waals surface area contributed by atoms with E-state index in [0.29, 0.717) is 15.6 Å². The number of fused-ring (bicyclic) bond motifs is 1. The van der Waals surface area contributed by atoms with Crippen LogP contribution in [0.1, 0.15) is 15.2 Å². The van der Waals surface area contributed by atoms with Gasteiger partial charge in [0.05, 0.1) is 13.2 Å². The van der Waals surface area contributed by atoms with E-state index in [0.717, 1.165) is 11.3 Å². The smallest absolute Gasteiger partial charge is 0.349 e. The summed E-state index contributed by atoms with van der Waals surface area (Å²) in [6, 6.07) is 4.59. The van der Waals surface area contributed by atoms with E-state index in [2.05, 4.69) is 11.2 Å². The summed E-state index contributed by atoms with van der Waals surface area (Å²) in [5.74, 6) is 0.602. The number of esters is 1. The van der Waals surface area contributed by atoms with Crippen LogP contribution >= 0.6 is 11.3 Å². The number of ether oxygens (including phenoxy) is 2. The molecule has 0 spiro atoms. The standard InChI is InChI=1S/C16H14FNO4S/c1-3-7-18-13(19)9-22-16(20)15-10(8-21-2)14-11(17)5-4-6-12(14)23-15/h1,4-6H,7-9H2,2H3,(H,18,19). The molecule has 0 aliphatic rings. The summed E-state index contributed by atoms with van der Waals surface area (Å²) in [5, 5.41) is 2.72. The number of hydrogen-bond donors (Lipinski definition) is 1. The minimum atomic E-state index is -0.700. The van der Waals surface area contributed by atoms with Crippen LogP contribution in [0.25, 0.3) is 10.1 Å². The van der Waals surface area contributed by atoms with Crippen molar-refractivity contribution in [3.05, 3.63) is 34.5 Å². The van der Waals surface area contributed by atoms with Gasteiger partial charge in [0.15, 0.2) is 6.61 Å². The molecule has 1 aromatic heterocycles. The van der Waals surface area contributed by atoms with Gasteiger partial charge in [-0.2, -0.15) is 0 Å². The predicted octanol–water partition coefficient (Wildman–Crippen LogP) is 2.09. The highest BCUT2D eigenvalue weighted by Crippen LogP contribution is 2.34. The molecule has 1 heterocycles. The lowest BCUT2D eigenvalue weighted by molar-refractivity contribution is -0.123. The topological polar surface area (TPSA) is 64.6 Å². The van der Waals surface area contributed by atoms with E-state index in [1.54, 1.807) is 12.1 Å². The zero-order valence-electron chi connectivity index (χ0n) is 12.3. The second-order valence-corrected chi connectivity index (χ2v) is 5.56. The van der Waals surface area contributed by atoms with Gasteiger partial charge >= 0.3 is 5.97 Å². The summed E-state index contributed by atoms with van der Waals surface area (Å²) < 4.78 is 24.6. The third-order valence-electron chi connectivity index (χ3n) is 2.96. The van der Waals surface area contributed by atoms with Crippen LogP contribution in [-0.4, -0.2) is 32.1 Å². The van der Waals surface area contributed by atoms with Gasteiger partial charge in [0.25, 0.3) is 5.91 Å². The van der Waals surface area contributed by atoms with Gasteiger partial charge in [0, 0.05) is 22.8 Å². The van der Waals surface area contributed by atoms with Crippen LogP contribution in [-0.2, 0) is 20.9 Å². The number of nitrogens with one attached hydrogen (secondary N) is 1. The molecule has 0 aliphatic heterocycles. The number of rotatable bonds is 6. The Kier molecular flexibility index (Phi) is 5.68. The van der Waals surface area contributed by atoms with Crippen molar-refractivity contribution in [1.29, 1.82) is 0 Å². The number of halogens is 1. The summed E-state index contributed by atoms with van der Waals surface area (Å²) in [4.78, 5) is 23.8. The quantitative estimate of drug-likeness (QED) is 0.648. The zero-order chi connectivity index (χ0) is 16.8. The fourth-order valence-electron chi connectivity index (χ4n) is 2.01. The number of benzene rings is 1. The molecule has 0 aliphatic carbocycles. The second kappa shape index (κ2) is 7.72. The molecule has 0 unspecified atom stereocenters. The second-order valence-electron chi connectivity index (χ2n) is 4.51. The molecule has 7 heteroatoms. The van der Waals surface area contributed by atoms with E-state index in [4.69, 9.17) is 15.9 Å². The normalized spacial score (nSPS) is 10.3. The van der Waals surface area contributed by atoms with E-state index in [1.807, 2.05) is 0 Å². The van der Waals surface area contributed by atoms with Crippen LogP contribution in [0.15, 0.2) is 18.2 Å². The minimum Gasteiger partial charge on any atom is -0.451 e. The van der Waals surface area contributed by atoms with Gasteiger partial charge in [-0.25, -0.2) is 9.18 Å². The van der Waals surface area contributed by atoms with Gasteiger partial charge in [-0.1, -0.05) is 12.0 Å². The summed E-state index contributed by atoms with van der Waals surface area (Å²) in [6.07, 6.45) is 5.01. The van der Waals surface area contributed by atoms with E-state index in [-0.39, 0.29) is 18.0 Å². The lowest BCUT2D eigenvalue weighted by Gasteiger charge is -2.06. The number of carbonyl (C=O) groups is 2. The average molecular weight is 335 g/mol. The van der Waals surface area contributed by atoms with Crippen LogP contribution < -0.4 is 5.32 Å². The lowest BCUT2D eigenvalue weighted by Crippen LogP contribution is -2.29. The highest BCUT2D eigenvalue weighted by molar-refractivity contribution is 7.21. The molecular weight excluding hydrogens is 321 g/mol. The van der Waals surface area contributed by atoms with Gasteiger partial charge in [-0.3, -0.25) is 4.79 Å². The Bertz CT molecular complexity index is 778. The molecule has 1 aromatic carbocycles. The van der Waals surface area contributed by atoms with Gasteiger partial charge in [-0.05, 0) is 12.1 Å². The first-order valence-corrected chi connectivity index (χ1v) is 7.46. The molecule has 0 radical (unpaired) electrons. The van der Waals surface area contributed by atoms with Crippen LogP contribution in [0.4, 0.5) is 4.39 Å². The first-order valence-electron chi connectivity index (χ1n) is 6.64. The van der Waals surface area contributed by atoms with Crippen molar-refractivity contribution in [2.45, 2.75) is 6.61 Å². The Labute approximate surface area is 136 Å². The molecule has 1 amide bonds. The molecule has 120 valence electrons. The number of amides is 1. The molecule has 0 saturated carbocycles. The Morgan fingerprint density at radius 3 is 2.91 bits per heavy atom. The van der Waals surface area contributed by atoms with Crippen molar-refractivity contribution < 1.29 is 23.5 Å². The lowest BCUT2D eigenvalue weighted by atomic mass is 10.1. The third-order valence-corrected chi connectivity index (χ3v) is 4.14. The maximum absolute atomic E-state index is 14.0. The van der Waals surface area contributed by atoms with Gasteiger partial charge in [0.1, 0.15) is 10.7 Å². The summed E-state index contributed by atoms with van der Waals surface area (Å²) >= 11 is 1.10. The maximum Gasteiger partial charge on any atom is 0.349 e. The van der Waals surface area contributed by atoms with E-state index in [9.17, 15) is 14.0 Å². The minimum absolute atomic E-state index is 0.0550. The molecule has 0 saturated heterocycles. The highest BCUT2D eigenvalue weighted by atomic mass is 32.1. The van der Waals surface area contributed by atoms with E-state index < -0.39 is 24.3 Å². The van der Waals surface area contributed by atoms with Crippen LogP contribution in [0, 0.1) is 18.2 Å². The molecule has 5 nitrogen and oxygen atoms in total. The molecule has 0 atom stereocenters. The first kappa shape index (κ1) is 16.9. The van der Waals surface area contributed by atoms with Crippen molar-refractivity contribution in [2.75, 3.05) is 20.3 Å². The van der Waals surface area contributed by atoms with Crippen molar-refractivity contribution in [3.8, 4) is 12.3 Å². The number of carbonyl (C=O) groups excluding carboxylic acids is 2. The summed E-state index contributed by atoms with van der Waals surface area (Å²) in [6.45, 7) is -0.336. The number of terminal acetylenes is 1. The van der Waals surface area contributed by atoms with Gasteiger partial charge in [-0.15, -0.1) is 17.8 Å². The Morgan fingerprint density at radius 1 is 1.43 bits per heavy atom. The largest absolute Gasteiger partial charge is 0.451 e. The molecule has 23 heavy (non-hydrogen) atoms. The fourth-order valence-corrected chi connectivity index (χ4v) is 3.13. The first-order chi connectivity index (χ1) is 11.1. The van der Waals surface area contributed by atoms with Crippen molar-refractivity contribution in [1.82, 2.24) is 5.32 Å². The van der Waals surface area contributed by atoms with Crippen molar-refractivity contribution in [2.24, 2.45) is 0 Å². The number of hydrogen-bond acceptors (Lipinski definition) is 5. The van der Waals surface area contributed by atoms with E-state index in [1.165, 1.54) is 13.2 Å². The molecular formula is C16H14FNO4S. The fraction of sp³-hybridized carbons (Fsp3) is 0.250. The highest BCUT2D eigenvalue weighted by Gasteiger charge is 2.22. The Morgan fingerprint density at radius 2 is 2.22 bits per heavy atom. The van der Waals surface area contributed by atoms with E-state index >= 15 is 0 Å². The Balaban J connectivity index is 2.23. The van der Waals surface area contributed by atoms with Crippen molar-refractivity contribution >= 4 is 33.3 Å². The van der Waals surface area contributed by atoms with Crippen LogP contribution in [0.2, 0.25) is 0 Å². The molecule has 0 fully saturated rings.